The summed E-state index contributed by atoms with van der Waals surface area (Å²) < 4.78 is 56.4. The van der Waals surface area contributed by atoms with Gasteiger partial charge in [0.25, 0.3) is 0 Å². The van der Waals surface area contributed by atoms with Crippen LogP contribution in [-0.2, 0) is 27.0 Å². The van der Waals surface area contributed by atoms with E-state index in [9.17, 15) is 27.2 Å². The van der Waals surface area contributed by atoms with Crippen LogP contribution in [0.3, 0.4) is 0 Å². The quantitative estimate of drug-likeness (QED) is 0.320. The van der Waals surface area contributed by atoms with E-state index in [4.69, 9.17) is 0 Å². The summed E-state index contributed by atoms with van der Waals surface area (Å²) in [5.74, 6) is -2.93. The summed E-state index contributed by atoms with van der Waals surface area (Å²) in [6.45, 7) is 2.98. The SMILES string of the molecule is CC(=O)N1CC2(CC3CCC(C2)N3C[C@@H]2C[C@@]2(C(=O)N(C)Cc2ccc(F)cc2)c2ccc(F)c(F)c2)c2cc(F)ccc21. The average molecular weight is 606 g/mol. The Morgan fingerprint density at radius 2 is 1.55 bits per heavy atom. The van der Waals surface area contributed by atoms with Crippen LogP contribution in [0.15, 0.2) is 60.7 Å². The van der Waals surface area contributed by atoms with Crippen molar-refractivity contribution < 1.29 is 27.2 Å². The Bertz CT molecular complexity index is 1630. The number of anilines is 1. The number of carbonyl (C=O) groups excluding carboxylic acids is 2. The highest BCUT2D eigenvalue weighted by molar-refractivity contribution is 5.95. The van der Waals surface area contributed by atoms with Gasteiger partial charge in [0.1, 0.15) is 11.6 Å². The molecule has 7 rings (SSSR count). The van der Waals surface area contributed by atoms with Gasteiger partial charge in [-0.1, -0.05) is 18.2 Å². The fourth-order valence-corrected chi connectivity index (χ4v) is 8.60. The molecule has 1 saturated carbocycles. The molecule has 0 N–H and O–H groups in total. The van der Waals surface area contributed by atoms with Crippen LogP contribution >= 0.6 is 0 Å². The zero-order chi connectivity index (χ0) is 31.0. The standard InChI is InChI=1S/C35H35F4N3O2/c1-21(43)42-20-34(29-14-26(37)8-12-32(29)42)16-27-9-10-28(17-34)41(27)19-24-15-35(24,23-5-11-30(38)31(39)13-23)33(44)40(2)18-22-3-6-25(36)7-4-22/h3-8,11-14,24,27-28H,9-10,15-20H2,1-2H3/t24-,27?,28?,34?,35+/m0/s1. The lowest BCUT2D eigenvalue weighted by Crippen LogP contribution is -2.52. The third kappa shape index (κ3) is 4.62. The molecule has 2 amide bonds. The largest absolute Gasteiger partial charge is 0.341 e. The van der Waals surface area contributed by atoms with Gasteiger partial charge >= 0.3 is 0 Å². The highest BCUT2D eigenvalue weighted by Crippen LogP contribution is 2.59. The van der Waals surface area contributed by atoms with E-state index in [1.807, 2.05) is 0 Å². The molecule has 2 unspecified atom stereocenters. The number of fused-ring (bicyclic) bond motifs is 4. The number of carbonyl (C=O) groups is 2. The van der Waals surface area contributed by atoms with Crippen molar-refractivity contribution in [2.45, 2.75) is 68.5 Å². The van der Waals surface area contributed by atoms with Gasteiger partial charge in [0.2, 0.25) is 11.8 Å². The molecule has 0 aromatic heterocycles. The fourth-order valence-electron chi connectivity index (χ4n) is 8.60. The minimum Gasteiger partial charge on any atom is -0.341 e. The number of amides is 2. The monoisotopic (exact) mass is 605 g/mol. The van der Waals surface area contributed by atoms with E-state index >= 15 is 0 Å². The van der Waals surface area contributed by atoms with Gasteiger partial charge in [-0.3, -0.25) is 14.5 Å². The maximum Gasteiger partial charge on any atom is 0.233 e. The van der Waals surface area contributed by atoms with E-state index < -0.39 is 17.0 Å². The Balaban J connectivity index is 1.15. The molecule has 3 heterocycles. The van der Waals surface area contributed by atoms with E-state index in [1.165, 1.54) is 24.3 Å². The smallest absolute Gasteiger partial charge is 0.233 e. The minimum absolute atomic E-state index is 0.0536. The first kappa shape index (κ1) is 29.0. The topological polar surface area (TPSA) is 43.9 Å². The third-order valence-electron chi connectivity index (χ3n) is 10.7. The zero-order valence-electron chi connectivity index (χ0n) is 24.8. The Labute approximate surface area is 254 Å². The molecule has 9 heteroatoms. The summed E-state index contributed by atoms with van der Waals surface area (Å²) in [6.07, 6.45) is 4.03. The number of piperidine rings is 1. The highest BCUT2D eigenvalue weighted by atomic mass is 19.2. The predicted octanol–water partition coefficient (Wildman–Crippen LogP) is 6.09. The van der Waals surface area contributed by atoms with Gasteiger partial charge in [0.15, 0.2) is 11.6 Å². The Morgan fingerprint density at radius 3 is 2.20 bits per heavy atom. The first-order valence-electron chi connectivity index (χ1n) is 15.3. The number of rotatable bonds is 6. The molecule has 4 atom stereocenters. The van der Waals surface area contributed by atoms with Crippen molar-refractivity contribution in [1.29, 1.82) is 0 Å². The second-order valence-corrected chi connectivity index (χ2v) is 13.3. The zero-order valence-corrected chi connectivity index (χ0v) is 24.8. The van der Waals surface area contributed by atoms with Gasteiger partial charge in [-0.2, -0.15) is 0 Å². The third-order valence-corrected chi connectivity index (χ3v) is 10.7. The Hall–Kier alpha value is -3.72. The van der Waals surface area contributed by atoms with Gasteiger partial charge in [-0.25, -0.2) is 17.6 Å². The number of benzene rings is 3. The van der Waals surface area contributed by atoms with Gasteiger partial charge < -0.3 is 9.80 Å². The molecule has 3 aliphatic heterocycles. The van der Waals surface area contributed by atoms with E-state index in [2.05, 4.69) is 4.90 Å². The van der Waals surface area contributed by atoms with Crippen LogP contribution in [0, 0.1) is 29.2 Å². The molecular weight excluding hydrogens is 570 g/mol. The maximum atomic E-state index is 14.5. The maximum absolute atomic E-state index is 14.5. The molecule has 3 fully saturated rings. The Morgan fingerprint density at radius 1 is 0.864 bits per heavy atom. The van der Waals surface area contributed by atoms with Crippen molar-refractivity contribution in [2.75, 3.05) is 25.0 Å². The number of hydrogen-bond donors (Lipinski definition) is 0. The molecule has 5 nitrogen and oxygen atoms in total. The molecule has 1 spiro atoms. The van der Waals surface area contributed by atoms with Gasteiger partial charge in [-0.05, 0) is 97.2 Å². The van der Waals surface area contributed by atoms with Crippen molar-refractivity contribution in [1.82, 2.24) is 9.80 Å². The van der Waals surface area contributed by atoms with Gasteiger partial charge in [-0.15, -0.1) is 0 Å². The molecule has 3 aromatic rings. The normalized spacial score (nSPS) is 28.8. The van der Waals surface area contributed by atoms with Crippen LogP contribution in [0.1, 0.15) is 55.7 Å². The minimum atomic E-state index is -0.994. The molecule has 44 heavy (non-hydrogen) atoms. The van der Waals surface area contributed by atoms with Crippen LogP contribution in [0.2, 0.25) is 0 Å². The number of likely N-dealkylation sites (N-methyl/N-ethyl adjacent to an activating group) is 1. The van der Waals surface area contributed by atoms with Crippen LogP contribution in [0.25, 0.3) is 0 Å². The molecule has 3 aromatic carbocycles. The summed E-state index contributed by atoms with van der Waals surface area (Å²) >= 11 is 0. The molecule has 1 aliphatic carbocycles. The summed E-state index contributed by atoms with van der Waals surface area (Å²) in [5.41, 5.74) is 1.62. The van der Waals surface area contributed by atoms with Gasteiger partial charge in [0, 0.05) is 56.8 Å². The van der Waals surface area contributed by atoms with Crippen molar-refractivity contribution in [3.8, 4) is 0 Å². The molecular formula is C35H35F4N3O2. The van der Waals surface area contributed by atoms with Gasteiger partial charge in [0.05, 0.1) is 5.41 Å². The summed E-state index contributed by atoms with van der Waals surface area (Å²) in [7, 11) is 1.69. The van der Waals surface area contributed by atoms with Crippen LogP contribution in [-0.4, -0.2) is 53.8 Å². The van der Waals surface area contributed by atoms with Crippen LogP contribution < -0.4 is 4.90 Å². The summed E-state index contributed by atoms with van der Waals surface area (Å²) in [4.78, 5) is 32.5. The summed E-state index contributed by atoms with van der Waals surface area (Å²) in [5, 5.41) is 0. The van der Waals surface area contributed by atoms with Crippen molar-refractivity contribution >= 4 is 17.5 Å². The fraction of sp³-hybridized carbons (Fsp3) is 0.429. The Kier molecular flexibility index (Phi) is 6.88. The molecule has 230 valence electrons. The molecule has 2 saturated heterocycles. The summed E-state index contributed by atoms with van der Waals surface area (Å²) in [6, 6.07) is 14.8. The first-order chi connectivity index (χ1) is 21.0. The van der Waals surface area contributed by atoms with Crippen molar-refractivity contribution in [3.63, 3.8) is 0 Å². The van der Waals surface area contributed by atoms with Crippen molar-refractivity contribution in [2.24, 2.45) is 5.92 Å². The van der Waals surface area contributed by atoms with E-state index in [0.29, 0.717) is 25.1 Å². The number of nitrogens with zero attached hydrogens (tertiary/aromatic N) is 3. The van der Waals surface area contributed by atoms with Crippen LogP contribution in [0.4, 0.5) is 23.2 Å². The highest BCUT2D eigenvalue weighted by Gasteiger charge is 2.64. The first-order valence-corrected chi connectivity index (χ1v) is 15.3. The van der Waals surface area contributed by atoms with E-state index in [0.717, 1.165) is 54.6 Å². The second-order valence-electron chi connectivity index (χ2n) is 13.3. The lowest BCUT2D eigenvalue weighted by Gasteiger charge is -2.45. The van der Waals surface area contributed by atoms with Crippen LogP contribution in [0.5, 0.6) is 0 Å². The number of hydrogen-bond acceptors (Lipinski definition) is 3. The lowest BCUT2D eigenvalue weighted by atomic mass is 9.71. The second kappa shape index (κ2) is 10.4. The molecule has 0 radical (unpaired) electrons. The number of halogens is 4. The average Bonchev–Trinajstić information content (AvgIpc) is 3.56. The molecule has 2 bridgehead atoms. The molecule has 4 aliphatic rings. The van der Waals surface area contributed by atoms with E-state index in [-0.39, 0.29) is 53.4 Å². The predicted molar refractivity (Wildman–Crippen MR) is 158 cm³/mol. The van der Waals surface area contributed by atoms with E-state index in [1.54, 1.807) is 48.0 Å². The van der Waals surface area contributed by atoms with Crippen molar-refractivity contribution in [3.05, 3.63) is 101 Å². The lowest BCUT2D eigenvalue weighted by molar-refractivity contribution is -0.133.